The molecule has 0 aromatic carbocycles. The molecule has 0 spiro atoms. The number of rotatable bonds is 13. The van der Waals surface area contributed by atoms with Crippen molar-refractivity contribution in [1.82, 2.24) is 0 Å². The van der Waals surface area contributed by atoms with Crippen LogP contribution in [0.15, 0.2) is 11.6 Å². The molecule has 0 aromatic heterocycles. The highest BCUT2D eigenvalue weighted by Crippen LogP contribution is 2.13. The van der Waals surface area contributed by atoms with Crippen molar-refractivity contribution >= 4 is 5.97 Å². The van der Waals surface area contributed by atoms with Gasteiger partial charge in [-0.1, -0.05) is 57.1 Å². The van der Waals surface area contributed by atoms with Gasteiger partial charge in [0.25, 0.3) is 0 Å². The van der Waals surface area contributed by atoms with Gasteiger partial charge in [-0.15, -0.1) is 0 Å². The zero-order chi connectivity index (χ0) is 15.1. The van der Waals surface area contributed by atoms with Crippen molar-refractivity contribution in [1.29, 1.82) is 0 Å². The molecule has 0 N–H and O–H groups in total. The maximum absolute atomic E-state index is 10.6. The first-order valence-corrected chi connectivity index (χ1v) is 8.45. The number of carbonyl (C=O) groups is 1. The molecular formula is C18H34O2. The summed E-state index contributed by atoms with van der Waals surface area (Å²) >= 11 is 0. The normalized spacial score (nSPS) is 11.7. The third-order valence-corrected chi connectivity index (χ3v) is 3.57. The van der Waals surface area contributed by atoms with Crippen LogP contribution in [0.4, 0.5) is 0 Å². The first-order valence-electron chi connectivity index (χ1n) is 8.45. The van der Waals surface area contributed by atoms with Crippen LogP contribution < -0.4 is 0 Å². The Balaban J connectivity index is 3.31. The highest BCUT2D eigenvalue weighted by Gasteiger charge is 1.95. The van der Waals surface area contributed by atoms with Gasteiger partial charge in [0, 0.05) is 6.92 Å². The summed E-state index contributed by atoms with van der Waals surface area (Å²) in [4.78, 5) is 10.6. The summed E-state index contributed by atoms with van der Waals surface area (Å²) in [5.41, 5.74) is 1.52. The number of hydrogen-bond donors (Lipinski definition) is 0. The van der Waals surface area contributed by atoms with Gasteiger partial charge in [0.05, 0.1) is 6.61 Å². The number of allylic oxidation sites excluding steroid dienone is 2. The summed E-state index contributed by atoms with van der Waals surface area (Å²) in [5, 5.41) is 0. The van der Waals surface area contributed by atoms with Crippen LogP contribution >= 0.6 is 0 Å². The standard InChI is InChI=1S/C18H34O2/c1-4-5-6-7-8-9-11-14-17(2)15-12-10-13-16-20-18(3)19/h15H,4-14,16H2,1-3H3/b17-15+. The third-order valence-electron chi connectivity index (χ3n) is 3.57. The number of carbonyl (C=O) groups excluding carboxylic acids is 1. The summed E-state index contributed by atoms with van der Waals surface area (Å²) in [7, 11) is 0. The molecule has 0 fully saturated rings. The largest absolute Gasteiger partial charge is 0.466 e. The van der Waals surface area contributed by atoms with E-state index in [4.69, 9.17) is 4.74 Å². The van der Waals surface area contributed by atoms with E-state index in [0.29, 0.717) is 6.61 Å². The van der Waals surface area contributed by atoms with E-state index in [1.54, 1.807) is 0 Å². The maximum atomic E-state index is 10.6. The molecule has 0 bridgehead atoms. The molecule has 0 aromatic rings. The Hall–Kier alpha value is -0.790. The van der Waals surface area contributed by atoms with E-state index >= 15 is 0 Å². The van der Waals surface area contributed by atoms with Gasteiger partial charge in [0.1, 0.15) is 0 Å². The van der Waals surface area contributed by atoms with Crippen LogP contribution in [0.25, 0.3) is 0 Å². The topological polar surface area (TPSA) is 26.3 Å². The predicted octanol–water partition coefficient (Wildman–Crippen LogP) is 5.81. The zero-order valence-electron chi connectivity index (χ0n) is 13.9. The molecule has 0 saturated heterocycles. The van der Waals surface area contributed by atoms with Gasteiger partial charge in [0.2, 0.25) is 0 Å². The molecule has 0 aliphatic rings. The van der Waals surface area contributed by atoms with Gasteiger partial charge in [0.15, 0.2) is 0 Å². The van der Waals surface area contributed by atoms with Gasteiger partial charge in [-0.3, -0.25) is 4.79 Å². The molecule has 118 valence electrons. The van der Waals surface area contributed by atoms with E-state index in [1.807, 2.05) is 0 Å². The van der Waals surface area contributed by atoms with Crippen molar-refractivity contribution in [3.05, 3.63) is 11.6 Å². The molecule has 2 nitrogen and oxygen atoms in total. The minimum absolute atomic E-state index is 0.171. The first kappa shape index (κ1) is 19.2. The Labute approximate surface area is 126 Å². The number of esters is 1. The second-order valence-electron chi connectivity index (χ2n) is 5.76. The Morgan fingerprint density at radius 2 is 1.55 bits per heavy atom. The van der Waals surface area contributed by atoms with Crippen LogP contribution in [0.3, 0.4) is 0 Å². The lowest BCUT2D eigenvalue weighted by Crippen LogP contribution is -1.99. The first-order chi connectivity index (χ1) is 9.66. The van der Waals surface area contributed by atoms with Crippen molar-refractivity contribution in [3.8, 4) is 0 Å². The van der Waals surface area contributed by atoms with Crippen molar-refractivity contribution in [3.63, 3.8) is 0 Å². The Bertz CT molecular complexity index is 256. The van der Waals surface area contributed by atoms with Crippen LogP contribution in [-0.4, -0.2) is 12.6 Å². The Morgan fingerprint density at radius 3 is 2.20 bits per heavy atom. The second-order valence-corrected chi connectivity index (χ2v) is 5.76. The van der Waals surface area contributed by atoms with Crippen molar-refractivity contribution in [2.45, 2.75) is 91.4 Å². The van der Waals surface area contributed by atoms with E-state index in [0.717, 1.165) is 19.3 Å². The highest BCUT2D eigenvalue weighted by atomic mass is 16.5. The van der Waals surface area contributed by atoms with Gasteiger partial charge in [-0.05, 0) is 39.0 Å². The average molecular weight is 282 g/mol. The number of hydrogen-bond acceptors (Lipinski definition) is 2. The summed E-state index contributed by atoms with van der Waals surface area (Å²) in [6.07, 6.45) is 16.5. The molecule has 0 saturated carbocycles. The molecule has 0 heterocycles. The summed E-state index contributed by atoms with van der Waals surface area (Å²) in [5.74, 6) is -0.171. The van der Waals surface area contributed by atoms with Crippen LogP contribution in [0.5, 0.6) is 0 Å². The molecule has 0 unspecified atom stereocenters. The third kappa shape index (κ3) is 15.3. The lowest BCUT2D eigenvalue weighted by atomic mass is 10.0. The second kappa shape index (κ2) is 14.6. The fourth-order valence-electron chi connectivity index (χ4n) is 2.27. The minimum Gasteiger partial charge on any atom is -0.466 e. The van der Waals surface area contributed by atoms with E-state index in [-0.39, 0.29) is 5.97 Å². The lowest BCUT2D eigenvalue weighted by Gasteiger charge is -2.03. The minimum atomic E-state index is -0.171. The summed E-state index contributed by atoms with van der Waals surface area (Å²) < 4.78 is 4.91. The van der Waals surface area contributed by atoms with Crippen molar-refractivity contribution in [2.24, 2.45) is 0 Å². The maximum Gasteiger partial charge on any atom is 0.302 e. The Morgan fingerprint density at radius 1 is 0.900 bits per heavy atom. The van der Waals surface area contributed by atoms with Crippen LogP contribution in [-0.2, 0) is 9.53 Å². The summed E-state index contributed by atoms with van der Waals surface area (Å²) in [6, 6.07) is 0. The molecule has 0 amide bonds. The molecule has 0 aliphatic heterocycles. The average Bonchev–Trinajstić information content (AvgIpc) is 2.41. The Kier molecular flexibility index (Phi) is 14.0. The van der Waals surface area contributed by atoms with Crippen molar-refractivity contribution in [2.75, 3.05) is 6.61 Å². The van der Waals surface area contributed by atoms with Crippen LogP contribution in [0.1, 0.15) is 91.4 Å². The van der Waals surface area contributed by atoms with Crippen LogP contribution in [0, 0.1) is 0 Å². The van der Waals surface area contributed by atoms with Gasteiger partial charge < -0.3 is 4.74 Å². The predicted molar refractivity (Wildman–Crippen MR) is 86.9 cm³/mol. The quantitative estimate of drug-likeness (QED) is 0.242. The smallest absolute Gasteiger partial charge is 0.302 e. The van der Waals surface area contributed by atoms with Crippen LogP contribution in [0.2, 0.25) is 0 Å². The lowest BCUT2D eigenvalue weighted by molar-refractivity contribution is -0.141. The van der Waals surface area contributed by atoms with E-state index in [2.05, 4.69) is 19.9 Å². The molecule has 0 rings (SSSR count). The molecule has 20 heavy (non-hydrogen) atoms. The monoisotopic (exact) mass is 282 g/mol. The summed E-state index contributed by atoms with van der Waals surface area (Å²) in [6.45, 7) is 6.54. The van der Waals surface area contributed by atoms with Gasteiger partial charge in [-0.2, -0.15) is 0 Å². The van der Waals surface area contributed by atoms with E-state index in [9.17, 15) is 4.79 Å². The molecular weight excluding hydrogens is 248 g/mol. The SMILES string of the molecule is CCCCCCCCC/C(C)=C/CCCCOC(C)=O. The zero-order valence-corrected chi connectivity index (χ0v) is 13.9. The number of unbranched alkanes of at least 4 members (excludes halogenated alkanes) is 8. The molecule has 2 heteroatoms. The number of ether oxygens (including phenoxy) is 1. The molecule has 0 aliphatic carbocycles. The molecule has 0 atom stereocenters. The highest BCUT2D eigenvalue weighted by molar-refractivity contribution is 5.65. The fourth-order valence-corrected chi connectivity index (χ4v) is 2.27. The van der Waals surface area contributed by atoms with Crippen molar-refractivity contribution < 1.29 is 9.53 Å². The fraction of sp³-hybridized carbons (Fsp3) is 0.833. The van der Waals surface area contributed by atoms with Gasteiger partial charge in [-0.25, -0.2) is 0 Å². The molecule has 0 radical (unpaired) electrons. The van der Waals surface area contributed by atoms with E-state index < -0.39 is 0 Å². The van der Waals surface area contributed by atoms with Gasteiger partial charge >= 0.3 is 5.97 Å². The van der Waals surface area contributed by atoms with E-state index in [1.165, 1.54) is 63.9 Å².